The van der Waals surface area contributed by atoms with Gasteiger partial charge in [-0.1, -0.05) is 19.3 Å². The van der Waals surface area contributed by atoms with Crippen molar-refractivity contribution in [2.75, 3.05) is 0 Å². The van der Waals surface area contributed by atoms with Gasteiger partial charge in [0.2, 0.25) is 0 Å². The Morgan fingerprint density at radius 2 is 2.25 bits per heavy atom. The van der Waals surface area contributed by atoms with Crippen molar-refractivity contribution in [2.45, 2.75) is 45.1 Å². The van der Waals surface area contributed by atoms with E-state index in [4.69, 9.17) is 5.73 Å². The number of aliphatic imine (C=N–C) groups is 1. The second-order valence-corrected chi connectivity index (χ2v) is 4.60. The van der Waals surface area contributed by atoms with Crippen molar-refractivity contribution >= 4 is 5.84 Å². The fourth-order valence-corrected chi connectivity index (χ4v) is 2.29. The van der Waals surface area contributed by atoms with Gasteiger partial charge in [-0.2, -0.15) is 5.10 Å². The minimum Gasteiger partial charge on any atom is -0.387 e. The van der Waals surface area contributed by atoms with Crippen LogP contribution in [0.2, 0.25) is 0 Å². The molecule has 16 heavy (non-hydrogen) atoms. The van der Waals surface area contributed by atoms with Crippen LogP contribution in [-0.4, -0.2) is 16.0 Å². The zero-order valence-corrected chi connectivity index (χ0v) is 9.82. The summed E-state index contributed by atoms with van der Waals surface area (Å²) in [6.45, 7) is 2.06. The van der Waals surface area contributed by atoms with E-state index in [1.54, 1.807) is 0 Å². The van der Waals surface area contributed by atoms with Crippen molar-refractivity contribution in [1.82, 2.24) is 10.2 Å². The van der Waals surface area contributed by atoms with Crippen LogP contribution < -0.4 is 5.73 Å². The fraction of sp³-hybridized carbons (Fsp3) is 0.667. The van der Waals surface area contributed by atoms with Gasteiger partial charge in [0.05, 0.1) is 18.1 Å². The van der Waals surface area contributed by atoms with E-state index in [9.17, 15) is 0 Å². The van der Waals surface area contributed by atoms with Crippen LogP contribution in [0.3, 0.4) is 0 Å². The van der Waals surface area contributed by atoms with Crippen LogP contribution in [0.5, 0.6) is 0 Å². The summed E-state index contributed by atoms with van der Waals surface area (Å²) in [5.74, 6) is 1.33. The molecule has 2 rings (SSSR count). The van der Waals surface area contributed by atoms with E-state index in [1.165, 1.54) is 32.1 Å². The SMILES string of the molecule is CC(N=C(N)C1CCCCC1)c1cn[nH]c1. The number of aromatic amines is 1. The highest BCUT2D eigenvalue weighted by atomic mass is 15.1. The van der Waals surface area contributed by atoms with Crippen molar-refractivity contribution in [2.24, 2.45) is 16.6 Å². The molecule has 1 saturated carbocycles. The molecule has 88 valence electrons. The second-order valence-electron chi connectivity index (χ2n) is 4.60. The lowest BCUT2D eigenvalue weighted by atomic mass is 9.88. The number of aromatic nitrogens is 2. The van der Waals surface area contributed by atoms with Crippen molar-refractivity contribution in [3.8, 4) is 0 Å². The van der Waals surface area contributed by atoms with Crippen LogP contribution in [0, 0.1) is 5.92 Å². The van der Waals surface area contributed by atoms with E-state index >= 15 is 0 Å². The molecule has 0 radical (unpaired) electrons. The topological polar surface area (TPSA) is 67.1 Å². The number of amidine groups is 1. The number of rotatable bonds is 3. The number of nitrogens with one attached hydrogen (secondary N) is 1. The second kappa shape index (κ2) is 5.14. The molecule has 0 spiro atoms. The Bertz CT molecular complexity index is 336. The van der Waals surface area contributed by atoms with Gasteiger partial charge in [-0.25, -0.2) is 0 Å². The first-order chi connectivity index (χ1) is 7.77. The van der Waals surface area contributed by atoms with Gasteiger partial charge < -0.3 is 5.73 Å². The summed E-state index contributed by atoms with van der Waals surface area (Å²) >= 11 is 0. The lowest BCUT2D eigenvalue weighted by Crippen LogP contribution is -2.26. The first-order valence-corrected chi connectivity index (χ1v) is 6.09. The van der Waals surface area contributed by atoms with Crippen molar-refractivity contribution < 1.29 is 0 Å². The van der Waals surface area contributed by atoms with E-state index in [-0.39, 0.29) is 6.04 Å². The third-order valence-electron chi connectivity index (χ3n) is 3.37. The van der Waals surface area contributed by atoms with Crippen LogP contribution in [0.4, 0.5) is 0 Å². The smallest absolute Gasteiger partial charge is 0.0975 e. The molecule has 1 aromatic rings. The summed E-state index contributed by atoms with van der Waals surface area (Å²) in [7, 11) is 0. The normalized spacial score (nSPS) is 20.9. The summed E-state index contributed by atoms with van der Waals surface area (Å²) in [6.07, 6.45) is 10.0. The minimum atomic E-state index is 0.112. The number of nitrogens with zero attached hydrogens (tertiary/aromatic N) is 2. The van der Waals surface area contributed by atoms with Gasteiger partial charge in [0, 0.05) is 17.7 Å². The van der Waals surface area contributed by atoms with Gasteiger partial charge in [0.1, 0.15) is 0 Å². The van der Waals surface area contributed by atoms with Crippen molar-refractivity contribution in [3.63, 3.8) is 0 Å². The molecule has 0 aliphatic heterocycles. The van der Waals surface area contributed by atoms with Crippen LogP contribution in [0.25, 0.3) is 0 Å². The summed E-state index contributed by atoms with van der Waals surface area (Å²) in [5.41, 5.74) is 7.17. The average molecular weight is 220 g/mol. The third-order valence-corrected chi connectivity index (χ3v) is 3.37. The van der Waals surface area contributed by atoms with Crippen LogP contribution in [0.1, 0.15) is 50.6 Å². The van der Waals surface area contributed by atoms with Gasteiger partial charge in [0.25, 0.3) is 0 Å². The van der Waals surface area contributed by atoms with Gasteiger partial charge in [0.15, 0.2) is 0 Å². The average Bonchev–Trinajstić information content (AvgIpc) is 2.83. The van der Waals surface area contributed by atoms with Crippen LogP contribution in [0.15, 0.2) is 17.4 Å². The number of hydrogen-bond donors (Lipinski definition) is 2. The van der Waals surface area contributed by atoms with Crippen molar-refractivity contribution in [3.05, 3.63) is 18.0 Å². The number of nitrogens with two attached hydrogens (primary N) is 1. The first-order valence-electron chi connectivity index (χ1n) is 6.09. The molecule has 4 nitrogen and oxygen atoms in total. The highest BCUT2D eigenvalue weighted by Gasteiger charge is 2.17. The minimum absolute atomic E-state index is 0.112. The Kier molecular flexibility index (Phi) is 3.59. The molecule has 1 aromatic heterocycles. The van der Waals surface area contributed by atoms with E-state index in [0.717, 1.165) is 11.4 Å². The molecule has 1 aliphatic carbocycles. The Labute approximate surface area is 96.3 Å². The largest absolute Gasteiger partial charge is 0.387 e. The lowest BCUT2D eigenvalue weighted by molar-refractivity contribution is 0.435. The highest BCUT2D eigenvalue weighted by Crippen LogP contribution is 2.25. The van der Waals surface area contributed by atoms with E-state index in [2.05, 4.69) is 22.1 Å². The summed E-state index contributed by atoms with van der Waals surface area (Å²) in [6, 6.07) is 0.112. The quantitative estimate of drug-likeness (QED) is 0.606. The molecule has 1 heterocycles. The van der Waals surface area contributed by atoms with Gasteiger partial charge in [-0.05, 0) is 19.8 Å². The lowest BCUT2D eigenvalue weighted by Gasteiger charge is -2.21. The molecule has 1 atom stereocenters. The number of hydrogen-bond acceptors (Lipinski definition) is 2. The van der Waals surface area contributed by atoms with Gasteiger partial charge in [-0.3, -0.25) is 10.1 Å². The van der Waals surface area contributed by atoms with E-state index in [0.29, 0.717) is 5.92 Å². The third kappa shape index (κ3) is 2.62. The van der Waals surface area contributed by atoms with Crippen molar-refractivity contribution in [1.29, 1.82) is 0 Å². The van der Waals surface area contributed by atoms with Gasteiger partial charge in [-0.15, -0.1) is 0 Å². The predicted octanol–water partition coefficient (Wildman–Crippen LogP) is 2.41. The monoisotopic (exact) mass is 220 g/mol. The van der Waals surface area contributed by atoms with E-state index < -0.39 is 0 Å². The maximum atomic E-state index is 6.07. The first kappa shape index (κ1) is 11.2. The Morgan fingerprint density at radius 1 is 1.50 bits per heavy atom. The summed E-state index contributed by atoms with van der Waals surface area (Å²) in [5, 5.41) is 6.73. The Morgan fingerprint density at radius 3 is 2.88 bits per heavy atom. The molecule has 4 heteroatoms. The summed E-state index contributed by atoms with van der Waals surface area (Å²) in [4.78, 5) is 4.58. The zero-order valence-electron chi connectivity index (χ0n) is 9.82. The molecule has 1 unspecified atom stereocenters. The standard InChI is InChI=1S/C12H20N4/c1-9(11-7-14-15-8-11)16-12(13)10-5-3-2-4-6-10/h7-10H,2-6H2,1H3,(H2,13,16)(H,14,15). The molecule has 3 N–H and O–H groups in total. The van der Waals surface area contributed by atoms with Gasteiger partial charge >= 0.3 is 0 Å². The maximum absolute atomic E-state index is 6.07. The predicted molar refractivity (Wildman–Crippen MR) is 65.2 cm³/mol. The van der Waals surface area contributed by atoms with Crippen LogP contribution in [-0.2, 0) is 0 Å². The molecule has 0 amide bonds. The molecular weight excluding hydrogens is 200 g/mol. The molecule has 1 aliphatic rings. The molecule has 0 aromatic carbocycles. The molecule has 0 bridgehead atoms. The Hall–Kier alpha value is -1.32. The fourth-order valence-electron chi connectivity index (χ4n) is 2.29. The number of H-pyrrole nitrogens is 1. The maximum Gasteiger partial charge on any atom is 0.0975 e. The van der Waals surface area contributed by atoms with E-state index in [1.807, 2.05) is 12.4 Å². The summed E-state index contributed by atoms with van der Waals surface area (Å²) < 4.78 is 0. The molecule has 1 fully saturated rings. The highest BCUT2D eigenvalue weighted by molar-refractivity contribution is 5.83. The van der Waals surface area contributed by atoms with Crippen LogP contribution >= 0.6 is 0 Å². The molecular formula is C12H20N4. The molecule has 0 saturated heterocycles. The Balaban J connectivity index is 1.99. The zero-order chi connectivity index (χ0) is 11.4.